The maximum atomic E-state index is 13.0. The van der Waals surface area contributed by atoms with Crippen LogP contribution in [0.25, 0.3) is 0 Å². The number of aryl methyl sites for hydroxylation is 2. The maximum absolute atomic E-state index is 13.0. The van der Waals surface area contributed by atoms with Crippen LogP contribution in [-0.4, -0.2) is 28.8 Å². The first-order valence-electron chi connectivity index (χ1n) is 8.41. The lowest BCUT2D eigenvalue weighted by atomic mass is 10.00. The third-order valence-electron chi connectivity index (χ3n) is 4.92. The molecule has 0 N–H and O–H groups in total. The fourth-order valence-electron chi connectivity index (χ4n) is 3.69. The molecule has 2 aliphatic rings. The minimum Gasteiger partial charge on any atom is -0.433 e. The van der Waals surface area contributed by atoms with E-state index >= 15 is 0 Å². The van der Waals surface area contributed by atoms with Gasteiger partial charge in [0.25, 0.3) is 0 Å². The molecule has 0 saturated heterocycles. The van der Waals surface area contributed by atoms with Gasteiger partial charge in [-0.05, 0) is 42.4 Å². The molecule has 2 heterocycles. The number of halogens is 2. The van der Waals surface area contributed by atoms with Crippen molar-refractivity contribution in [2.75, 3.05) is 11.4 Å². The number of carbonyl (C=O) groups excluding carboxylic acids is 1. The quantitative estimate of drug-likeness (QED) is 0.854. The first-order valence-corrected chi connectivity index (χ1v) is 8.41. The molecule has 2 aromatic rings. The highest BCUT2D eigenvalue weighted by atomic mass is 19.3. The van der Waals surface area contributed by atoms with E-state index in [2.05, 4.69) is 9.84 Å². The van der Waals surface area contributed by atoms with Crippen LogP contribution in [0.1, 0.15) is 29.9 Å². The van der Waals surface area contributed by atoms with E-state index in [0.29, 0.717) is 12.2 Å². The van der Waals surface area contributed by atoms with Crippen molar-refractivity contribution in [3.8, 4) is 5.75 Å². The van der Waals surface area contributed by atoms with Gasteiger partial charge >= 0.3 is 6.61 Å². The van der Waals surface area contributed by atoms with E-state index in [1.807, 2.05) is 19.3 Å². The van der Waals surface area contributed by atoms with E-state index in [1.165, 1.54) is 6.07 Å². The third kappa shape index (κ3) is 2.99. The van der Waals surface area contributed by atoms with Crippen LogP contribution in [0.15, 0.2) is 30.6 Å². The molecule has 7 heteroatoms. The molecule has 1 fully saturated rings. The molecule has 1 aliphatic heterocycles. The molecule has 2 atom stereocenters. The summed E-state index contributed by atoms with van der Waals surface area (Å²) in [6.07, 6.45) is 6.06. The predicted molar refractivity (Wildman–Crippen MR) is 87.8 cm³/mol. The maximum Gasteiger partial charge on any atom is 0.387 e. The van der Waals surface area contributed by atoms with Crippen molar-refractivity contribution in [1.29, 1.82) is 0 Å². The van der Waals surface area contributed by atoms with Gasteiger partial charge in [0.15, 0.2) is 0 Å². The monoisotopic (exact) mass is 347 g/mol. The fraction of sp³-hybridized carbons (Fsp3) is 0.444. The highest BCUT2D eigenvalue weighted by Crippen LogP contribution is 2.50. The zero-order valence-electron chi connectivity index (χ0n) is 13.9. The lowest BCUT2D eigenvalue weighted by Crippen LogP contribution is -2.37. The number of ether oxygens (including phenoxy) is 1. The smallest absolute Gasteiger partial charge is 0.387 e. The number of nitrogens with zero attached hydrogens (tertiary/aromatic N) is 3. The Hall–Kier alpha value is -2.44. The molecule has 0 bridgehead atoms. The van der Waals surface area contributed by atoms with Gasteiger partial charge in [0, 0.05) is 25.7 Å². The topological polar surface area (TPSA) is 47.4 Å². The average Bonchev–Trinajstić information content (AvgIpc) is 3.27. The number of carbonyl (C=O) groups is 1. The van der Waals surface area contributed by atoms with Crippen LogP contribution in [0.2, 0.25) is 0 Å². The molecule has 0 radical (unpaired) electrons. The zero-order chi connectivity index (χ0) is 17.6. The molecule has 1 aromatic carbocycles. The van der Waals surface area contributed by atoms with Crippen LogP contribution in [-0.2, 0) is 18.3 Å². The van der Waals surface area contributed by atoms with Crippen LogP contribution < -0.4 is 9.64 Å². The van der Waals surface area contributed by atoms with E-state index in [-0.39, 0.29) is 23.5 Å². The van der Waals surface area contributed by atoms with Crippen molar-refractivity contribution in [3.05, 3.63) is 41.7 Å². The van der Waals surface area contributed by atoms with Crippen molar-refractivity contribution in [2.24, 2.45) is 13.0 Å². The number of hydrogen-bond donors (Lipinski definition) is 0. The van der Waals surface area contributed by atoms with E-state index in [9.17, 15) is 13.6 Å². The highest BCUT2D eigenvalue weighted by Gasteiger charge is 2.47. The Labute approximate surface area is 144 Å². The van der Waals surface area contributed by atoms with E-state index < -0.39 is 6.61 Å². The lowest BCUT2D eigenvalue weighted by Gasteiger charge is -2.31. The summed E-state index contributed by atoms with van der Waals surface area (Å²) in [5.74, 6) is 0.115. The normalized spacial score (nSPS) is 22.0. The van der Waals surface area contributed by atoms with Crippen molar-refractivity contribution < 1.29 is 18.3 Å². The molecule has 25 heavy (non-hydrogen) atoms. The predicted octanol–water partition coefficient (Wildman–Crippen LogP) is 3.10. The van der Waals surface area contributed by atoms with Crippen LogP contribution in [0.4, 0.5) is 14.5 Å². The Kier molecular flexibility index (Phi) is 3.94. The summed E-state index contributed by atoms with van der Waals surface area (Å²) in [6, 6.07) is 5.07. The number of fused-ring (bicyclic) bond motifs is 1. The van der Waals surface area contributed by atoms with E-state index in [0.717, 1.165) is 30.4 Å². The molecule has 4 rings (SSSR count). The third-order valence-corrected chi connectivity index (χ3v) is 4.92. The van der Waals surface area contributed by atoms with Crippen LogP contribution in [0, 0.1) is 5.92 Å². The average molecular weight is 347 g/mol. The second-order valence-electron chi connectivity index (χ2n) is 6.63. The first kappa shape index (κ1) is 16.1. The summed E-state index contributed by atoms with van der Waals surface area (Å²) in [5, 5.41) is 4.16. The van der Waals surface area contributed by atoms with Crippen LogP contribution >= 0.6 is 0 Å². The number of hydrogen-bond acceptors (Lipinski definition) is 3. The summed E-state index contributed by atoms with van der Waals surface area (Å²) < 4.78 is 31.9. The summed E-state index contributed by atoms with van der Waals surface area (Å²) in [7, 11) is 1.84. The number of benzene rings is 1. The number of amides is 1. The molecule has 1 amide bonds. The molecule has 1 aliphatic carbocycles. The highest BCUT2D eigenvalue weighted by molar-refractivity contribution is 5.99. The van der Waals surface area contributed by atoms with Gasteiger partial charge in [-0.25, -0.2) is 0 Å². The molecule has 2 unspecified atom stereocenters. The van der Waals surface area contributed by atoms with Gasteiger partial charge in [0.1, 0.15) is 5.75 Å². The van der Waals surface area contributed by atoms with Crippen molar-refractivity contribution in [3.63, 3.8) is 0 Å². The van der Waals surface area contributed by atoms with Crippen molar-refractivity contribution >= 4 is 11.6 Å². The molecule has 1 saturated carbocycles. The summed E-state index contributed by atoms with van der Waals surface area (Å²) in [6.45, 7) is -2.37. The molecule has 5 nitrogen and oxygen atoms in total. The lowest BCUT2D eigenvalue weighted by molar-refractivity contribution is -0.120. The van der Waals surface area contributed by atoms with Gasteiger partial charge in [-0.15, -0.1) is 0 Å². The van der Waals surface area contributed by atoms with Gasteiger partial charge in [-0.1, -0.05) is 12.1 Å². The number of aromatic nitrogens is 2. The Morgan fingerprint density at radius 3 is 2.96 bits per heavy atom. The first-order chi connectivity index (χ1) is 12.0. The minimum atomic E-state index is -2.91. The second-order valence-corrected chi connectivity index (χ2v) is 6.63. The summed E-state index contributed by atoms with van der Waals surface area (Å²) >= 11 is 0. The molecule has 1 aromatic heterocycles. The number of anilines is 1. The molecular weight excluding hydrogens is 328 g/mol. The largest absolute Gasteiger partial charge is 0.433 e. The fourth-order valence-corrected chi connectivity index (χ4v) is 3.69. The SMILES string of the molecule is Cn1cc(C2CC2C(=O)N2CCCc3cccc(OC(F)F)c32)cn1. The summed E-state index contributed by atoms with van der Waals surface area (Å²) in [4.78, 5) is 14.6. The van der Waals surface area contributed by atoms with Crippen molar-refractivity contribution in [2.45, 2.75) is 31.8 Å². The van der Waals surface area contributed by atoms with Crippen molar-refractivity contribution in [1.82, 2.24) is 9.78 Å². The van der Waals surface area contributed by atoms with Crippen LogP contribution in [0.5, 0.6) is 5.75 Å². The summed E-state index contributed by atoms with van der Waals surface area (Å²) in [5.41, 5.74) is 2.45. The number of rotatable bonds is 4. The number of alkyl halides is 2. The van der Waals surface area contributed by atoms with Gasteiger partial charge in [0.05, 0.1) is 11.9 Å². The molecule has 132 valence electrons. The van der Waals surface area contributed by atoms with Crippen LogP contribution in [0.3, 0.4) is 0 Å². The standard InChI is InChI=1S/C18H19F2N3O2/c1-22-10-12(9-21-22)13-8-14(13)17(24)23-7-3-5-11-4-2-6-15(16(11)23)25-18(19)20/h2,4,6,9-10,13-14,18H,3,5,7-8H2,1H3. The van der Waals surface area contributed by atoms with Gasteiger partial charge in [0.2, 0.25) is 5.91 Å². The molecule has 0 spiro atoms. The molecular formula is C18H19F2N3O2. The second kappa shape index (κ2) is 6.13. The Morgan fingerprint density at radius 2 is 2.24 bits per heavy atom. The Bertz CT molecular complexity index is 805. The Morgan fingerprint density at radius 1 is 1.40 bits per heavy atom. The number of para-hydroxylation sites is 1. The zero-order valence-corrected chi connectivity index (χ0v) is 13.9. The van der Waals surface area contributed by atoms with E-state index in [4.69, 9.17) is 0 Å². The van der Waals surface area contributed by atoms with Gasteiger partial charge in [-0.2, -0.15) is 13.9 Å². The van der Waals surface area contributed by atoms with E-state index in [1.54, 1.807) is 21.8 Å². The Balaban J connectivity index is 1.59. The minimum absolute atomic E-state index is 0.0138. The van der Waals surface area contributed by atoms with Gasteiger partial charge < -0.3 is 9.64 Å². The van der Waals surface area contributed by atoms with Gasteiger partial charge in [-0.3, -0.25) is 9.48 Å².